The molecule has 1 aromatic rings. The average molecular weight is 287 g/mol. The fourth-order valence-electron chi connectivity index (χ4n) is 4.00. The van der Waals surface area contributed by atoms with Gasteiger partial charge in [0.05, 0.1) is 6.61 Å². The lowest BCUT2D eigenvalue weighted by Crippen LogP contribution is -2.28. The summed E-state index contributed by atoms with van der Waals surface area (Å²) >= 11 is 0. The summed E-state index contributed by atoms with van der Waals surface area (Å²) in [7, 11) is 0. The van der Waals surface area contributed by atoms with Crippen molar-refractivity contribution < 1.29 is 4.74 Å². The largest absolute Gasteiger partial charge is 0.381 e. The summed E-state index contributed by atoms with van der Waals surface area (Å²) in [5, 5.41) is 3.66. The molecule has 2 atom stereocenters. The van der Waals surface area contributed by atoms with Gasteiger partial charge in [-0.05, 0) is 42.9 Å². The number of ether oxygens (including phenoxy) is 1. The van der Waals surface area contributed by atoms with Crippen molar-refractivity contribution >= 4 is 0 Å². The highest BCUT2D eigenvalue weighted by atomic mass is 16.5. The first-order chi connectivity index (χ1) is 10.4. The zero-order chi connectivity index (χ0) is 14.5. The van der Waals surface area contributed by atoms with E-state index in [1.165, 1.54) is 44.1 Å². The molecule has 0 amide bonds. The van der Waals surface area contributed by atoms with Crippen LogP contribution in [0, 0.1) is 5.92 Å². The quantitative estimate of drug-likeness (QED) is 0.865. The molecule has 0 radical (unpaired) electrons. The minimum absolute atomic E-state index is 0.456. The first-order valence-corrected chi connectivity index (χ1v) is 8.79. The van der Waals surface area contributed by atoms with E-state index in [2.05, 4.69) is 36.5 Å². The lowest BCUT2D eigenvalue weighted by atomic mass is 9.83. The molecule has 2 aliphatic rings. The fraction of sp³-hybridized carbons (Fsp3) is 0.684. The van der Waals surface area contributed by atoms with Gasteiger partial charge in [0.25, 0.3) is 0 Å². The summed E-state index contributed by atoms with van der Waals surface area (Å²) in [6.45, 7) is 5.04. The first-order valence-electron chi connectivity index (χ1n) is 8.79. The van der Waals surface area contributed by atoms with Gasteiger partial charge >= 0.3 is 0 Å². The van der Waals surface area contributed by atoms with E-state index in [9.17, 15) is 0 Å². The third-order valence-electron chi connectivity index (χ3n) is 5.23. The predicted octanol–water partition coefficient (Wildman–Crippen LogP) is 4.42. The monoisotopic (exact) mass is 287 g/mol. The van der Waals surface area contributed by atoms with Gasteiger partial charge in [0.2, 0.25) is 0 Å². The molecule has 116 valence electrons. The van der Waals surface area contributed by atoms with Crippen LogP contribution in [0.4, 0.5) is 0 Å². The van der Waals surface area contributed by atoms with Crippen LogP contribution in [0.25, 0.3) is 0 Å². The zero-order valence-corrected chi connectivity index (χ0v) is 13.3. The van der Waals surface area contributed by atoms with Crippen molar-refractivity contribution in [3.05, 3.63) is 35.4 Å². The van der Waals surface area contributed by atoms with E-state index in [0.29, 0.717) is 12.0 Å². The standard InChI is InChI=1S/C19H29NO/c1-2-20-19(18-12-13-21-14-18)17-10-8-16(9-11-17)15-6-4-3-5-7-15/h8-11,15,18-20H,2-7,12-14H2,1H3. The van der Waals surface area contributed by atoms with E-state index >= 15 is 0 Å². The van der Waals surface area contributed by atoms with Crippen LogP contribution in [0.5, 0.6) is 0 Å². The maximum atomic E-state index is 5.58. The van der Waals surface area contributed by atoms with Crippen LogP contribution >= 0.6 is 0 Å². The molecule has 0 bridgehead atoms. The van der Waals surface area contributed by atoms with Crippen LogP contribution in [0.1, 0.15) is 68.5 Å². The number of nitrogens with one attached hydrogen (secondary N) is 1. The Kier molecular flexibility index (Phi) is 5.32. The van der Waals surface area contributed by atoms with Gasteiger partial charge < -0.3 is 10.1 Å². The van der Waals surface area contributed by atoms with E-state index in [1.807, 2.05) is 0 Å². The third-order valence-corrected chi connectivity index (χ3v) is 5.23. The maximum Gasteiger partial charge on any atom is 0.0513 e. The van der Waals surface area contributed by atoms with Crippen LogP contribution in [0.3, 0.4) is 0 Å². The Labute approximate surface area is 129 Å². The van der Waals surface area contributed by atoms with Crippen molar-refractivity contribution in [1.82, 2.24) is 5.32 Å². The molecule has 2 heteroatoms. The molecule has 1 aliphatic heterocycles. The van der Waals surface area contributed by atoms with Gasteiger partial charge in [-0.25, -0.2) is 0 Å². The molecule has 0 spiro atoms. The van der Waals surface area contributed by atoms with Crippen LogP contribution < -0.4 is 5.32 Å². The molecule has 2 fully saturated rings. The summed E-state index contributed by atoms with van der Waals surface area (Å²) < 4.78 is 5.58. The minimum Gasteiger partial charge on any atom is -0.381 e. The highest BCUT2D eigenvalue weighted by Gasteiger charge is 2.26. The van der Waals surface area contributed by atoms with Crippen molar-refractivity contribution in [1.29, 1.82) is 0 Å². The molecule has 1 saturated carbocycles. The minimum atomic E-state index is 0.456. The smallest absolute Gasteiger partial charge is 0.0513 e. The van der Waals surface area contributed by atoms with Gasteiger partial charge in [-0.15, -0.1) is 0 Å². The molecule has 1 aliphatic carbocycles. The van der Waals surface area contributed by atoms with Crippen LogP contribution in [0.2, 0.25) is 0 Å². The lowest BCUT2D eigenvalue weighted by molar-refractivity contribution is 0.177. The molecular weight excluding hydrogens is 258 g/mol. The third kappa shape index (κ3) is 3.67. The van der Waals surface area contributed by atoms with E-state index in [4.69, 9.17) is 4.74 Å². The fourth-order valence-corrected chi connectivity index (χ4v) is 4.00. The van der Waals surface area contributed by atoms with Gasteiger partial charge in [-0.3, -0.25) is 0 Å². The molecule has 3 rings (SSSR count). The second-order valence-electron chi connectivity index (χ2n) is 6.66. The molecule has 21 heavy (non-hydrogen) atoms. The van der Waals surface area contributed by atoms with E-state index < -0.39 is 0 Å². The van der Waals surface area contributed by atoms with Gasteiger partial charge in [-0.2, -0.15) is 0 Å². The Hall–Kier alpha value is -0.860. The Morgan fingerprint density at radius 3 is 2.48 bits per heavy atom. The van der Waals surface area contributed by atoms with Crippen molar-refractivity contribution in [3.8, 4) is 0 Å². The summed E-state index contributed by atoms with van der Waals surface area (Å²) in [6.07, 6.45) is 8.19. The maximum absolute atomic E-state index is 5.58. The summed E-state index contributed by atoms with van der Waals surface area (Å²) in [4.78, 5) is 0. The Balaban J connectivity index is 1.71. The van der Waals surface area contributed by atoms with Crippen molar-refractivity contribution in [3.63, 3.8) is 0 Å². The number of hydrogen-bond donors (Lipinski definition) is 1. The number of rotatable bonds is 5. The highest BCUT2D eigenvalue weighted by molar-refractivity contribution is 5.28. The molecule has 2 nitrogen and oxygen atoms in total. The van der Waals surface area contributed by atoms with Crippen molar-refractivity contribution in [2.24, 2.45) is 5.92 Å². The molecular formula is C19H29NO. The van der Waals surface area contributed by atoms with E-state index in [1.54, 1.807) is 5.56 Å². The Bertz CT molecular complexity index is 416. The molecule has 1 N–H and O–H groups in total. The molecule has 2 unspecified atom stereocenters. The molecule has 0 aromatic heterocycles. The van der Waals surface area contributed by atoms with Crippen molar-refractivity contribution in [2.45, 2.75) is 57.4 Å². The molecule has 1 heterocycles. The van der Waals surface area contributed by atoms with Crippen LogP contribution in [-0.4, -0.2) is 19.8 Å². The Morgan fingerprint density at radius 2 is 1.86 bits per heavy atom. The summed E-state index contributed by atoms with van der Waals surface area (Å²) in [5.74, 6) is 1.44. The normalized spacial score (nSPS) is 25.1. The van der Waals surface area contributed by atoms with Gasteiger partial charge in [0.1, 0.15) is 0 Å². The highest BCUT2D eigenvalue weighted by Crippen LogP contribution is 2.34. The Morgan fingerprint density at radius 1 is 1.10 bits per heavy atom. The summed E-state index contributed by atoms with van der Waals surface area (Å²) in [5.41, 5.74) is 2.99. The lowest BCUT2D eigenvalue weighted by Gasteiger charge is -2.25. The molecule has 1 saturated heterocycles. The van der Waals surface area contributed by atoms with Crippen molar-refractivity contribution in [2.75, 3.05) is 19.8 Å². The second-order valence-corrected chi connectivity index (χ2v) is 6.66. The average Bonchev–Trinajstić information content (AvgIpc) is 3.08. The van der Waals surface area contributed by atoms with Gasteiger partial charge in [0.15, 0.2) is 0 Å². The zero-order valence-electron chi connectivity index (χ0n) is 13.3. The topological polar surface area (TPSA) is 21.3 Å². The SMILES string of the molecule is CCNC(c1ccc(C2CCCCC2)cc1)C1CCOC1. The molecule has 1 aromatic carbocycles. The number of benzene rings is 1. The van der Waals surface area contributed by atoms with E-state index in [0.717, 1.165) is 25.7 Å². The van der Waals surface area contributed by atoms with Crippen LogP contribution in [0.15, 0.2) is 24.3 Å². The first kappa shape index (κ1) is 15.1. The predicted molar refractivity (Wildman–Crippen MR) is 87.6 cm³/mol. The van der Waals surface area contributed by atoms with Gasteiger partial charge in [0, 0.05) is 18.6 Å². The van der Waals surface area contributed by atoms with E-state index in [-0.39, 0.29) is 0 Å². The second kappa shape index (κ2) is 7.42. The van der Waals surface area contributed by atoms with Crippen LogP contribution in [-0.2, 0) is 4.74 Å². The summed E-state index contributed by atoms with van der Waals surface area (Å²) in [6, 6.07) is 9.93. The van der Waals surface area contributed by atoms with Gasteiger partial charge in [-0.1, -0.05) is 50.5 Å². The number of hydrogen-bond acceptors (Lipinski definition) is 2.